The van der Waals surface area contributed by atoms with E-state index in [1.807, 2.05) is 11.0 Å². The van der Waals surface area contributed by atoms with Gasteiger partial charge in [-0.3, -0.25) is 0 Å². The first kappa shape index (κ1) is 13.7. The van der Waals surface area contributed by atoms with Crippen LogP contribution in [0.2, 0.25) is 0 Å². The van der Waals surface area contributed by atoms with E-state index in [0.29, 0.717) is 30.2 Å². The zero-order valence-electron chi connectivity index (χ0n) is 10.5. The molecule has 102 valence electrons. The van der Waals surface area contributed by atoms with Crippen molar-refractivity contribution in [2.75, 3.05) is 18.0 Å². The molecule has 1 fully saturated rings. The molecular formula is C13H14F3N3. The number of nitriles is 1. The molecule has 3 nitrogen and oxygen atoms in total. The Balaban J connectivity index is 2.10. The second-order valence-corrected chi connectivity index (χ2v) is 4.77. The molecule has 0 radical (unpaired) electrons. The van der Waals surface area contributed by atoms with Gasteiger partial charge in [0.25, 0.3) is 0 Å². The molecule has 0 amide bonds. The van der Waals surface area contributed by atoms with E-state index in [9.17, 15) is 13.2 Å². The quantitative estimate of drug-likeness (QED) is 0.786. The summed E-state index contributed by atoms with van der Waals surface area (Å²) in [6.07, 6.45) is -3.94. The van der Waals surface area contributed by atoms with Gasteiger partial charge >= 0.3 is 6.18 Å². The van der Waals surface area contributed by atoms with E-state index in [4.69, 9.17) is 5.26 Å². The number of anilines is 1. The highest BCUT2D eigenvalue weighted by atomic mass is 19.4. The van der Waals surface area contributed by atoms with Crippen LogP contribution in [0, 0.1) is 24.2 Å². The Hall–Kier alpha value is -1.77. The lowest BCUT2D eigenvalue weighted by Gasteiger charge is -2.33. The van der Waals surface area contributed by atoms with Crippen molar-refractivity contribution in [1.29, 1.82) is 5.26 Å². The highest BCUT2D eigenvalue weighted by Gasteiger charge is 2.41. The summed E-state index contributed by atoms with van der Waals surface area (Å²) in [7, 11) is 0. The lowest BCUT2D eigenvalue weighted by Crippen LogP contribution is -2.39. The summed E-state index contributed by atoms with van der Waals surface area (Å²) >= 11 is 0. The summed E-state index contributed by atoms with van der Waals surface area (Å²) in [5, 5.41) is 8.89. The van der Waals surface area contributed by atoms with Crippen molar-refractivity contribution < 1.29 is 13.2 Å². The number of pyridine rings is 1. The fraction of sp³-hybridized carbons (Fsp3) is 0.538. The van der Waals surface area contributed by atoms with Crippen LogP contribution in [0.1, 0.15) is 24.1 Å². The summed E-state index contributed by atoms with van der Waals surface area (Å²) in [5.74, 6) is -0.624. The van der Waals surface area contributed by atoms with E-state index < -0.39 is 12.1 Å². The average molecular weight is 269 g/mol. The zero-order chi connectivity index (χ0) is 14.0. The van der Waals surface area contributed by atoms with Gasteiger partial charge in [0, 0.05) is 18.8 Å². The van der Waals surface area contributed by atoms with Crippen molar-refractivity contribution in [3.63, 3.8) is 0 Å². The third-order valence-corrected chi connectivity index (χ3v) is 3.35. The second kappa shape index (κ2) is 5.08. The molecule has 0 saturated carbocycles. The smallest absolute Gasteiger partial charge is 0.357 e. The largest absolute Gasteiger partial charge is 0.391 e. The molecule has 19 heavy (non-hydrogen) atoms. The Bertz CT molecular complexity index is 497. The van der Waals surface area contributed by atoms with Crippen LogP contribution < -0.4 is 4.90 Å². The van der Waals surface area contributed by atoms with Crippen LogP contribution in [0.3, 0.4) is 0 Å². The van der Waals surface area contributed by atoms with Crippen molar-refractivity contribution in [1.82, 2.24) is 4.98 Å². The molecule has 2 rings (SSSR count). The van der Waals surface area contributed by atoms with E-state index in [-0.39, 0.29) is 12.8 Å². The average Bonchev–Trinajstić information content (AvgIpc) is 2.37. The van der Waals surface area contributed by atoms with Gasteiger partial charge in [0.05, 0.1) is 17.6 Å². The summed E-state index contributed by atoms with van der Waals surface area (Å²) in [5.41, 5.74) is 1.19. The number of nitrogens with zero attached hydrogens (tertiary/aromatic N) is 3. The van der Waals surface area contributed by atoms with Gasteiger partial charge in [0.1, 0.15) is 5.82 Å². The minimum absolute atomic E-state index is 0.0843. The second-order valence-electron chi connectivity index (χ2n) is 4.77. The van der Waals surface area contributed by atoms with E-state index in [2.05, 4.69) is 4.98 Å². The molecule has 0 atom stereocenters. The first-order valence-electron chi connectivity index (χ1n) is 6.10. The summed E-state index contributed by atoms with van der Waals surface area (Å²) in [6.45, 7) is 2.42. The Morgan fingerprint density at radius 3 is 2.47 bits per heavy atom. The molecule has 1 aromatic rings. The van der Waals surface area contributed by atoms with Crippen molar-refractivity contribution in [2.24, 2.45) is 5.92 Å². The summed E-state index contributed by atoms with van der Waals surface area (Å²) in [4.78, 5) is 6.10. The molecule has 1 aliphatic heterocycles. The summed E-state index contributed by atoms with van der Waals surface area (Å²) in [6, 6.07) is 5.32. The number of aromatic nitrogens is 1. The number of rotatable bonds is 1. The first-order valence-corrected chi connectivity index (χ1v) is 6.10. The van der Waals surface area contributed by atoms with Crippen molar-refractivity contribution in [2.45, 2.75) is 25.9 Å². The Kier molecular flexibility index (Phi) is 3.65. The topological polar surface area (TPSA) is 39.9 Å². The zero-order valence-corrected chi connectivity index (χ0v) is 10.5. The molecule has 0 aromatic carbocycles. The van der Waals surface area contributed by atoms with E-state index >= 15 is 0 Å². The molecule has 0 aliphatic carbocycles. The molecule has 0 N–H and O–H groups in total. The lowest BCUT2D eigenvalue weighted by molar-refractivity contribution is -0.179. The Morgan fingerprint density at radius 2 is 1.95 bits per heavy atom. The van der Waals surface area contributed by atoms with Gasteiger partial charge in [-0.05, 0) is 31.9 Å². The van der Waals surface area contributed by atoms with Gasteiger partial charge in [0.2, 0.25) is 0 Å². The molecular weight excluding hydrogens is 255 g/mol. The maximum atomic E-state index is 12.6. The van der Waals surface area contributed by atoms with Crippen LogP contribution >= 0.6 is 0 Å². The number of piperidine rings is 1. The fourth-order valence-corrected chi connectivity index (χ4v) is 2.31. The molecule has 2 heterocycles. The van der Waals surface area contributed by atoms with Crippen LogP contribution in [-0.2, 0) is 0 Å². The summed E-state index contributed by atoms with van der Waals surface area (Å²) < 4.78 is 37.7. The van der Waals surface area contributed by atoms with Gasteiger partial charge < -0.3 is 4.90 Å². The molecule has 1 aliphatic rings. The Morgan fingerprint density at radius 1 is 1.32 bits per heavy atom. The maximum absolute atomic E-state index is 12.6. The monoisotopic (exact) mass is 269 g/mol. The Labute approximate surface area is 109 Å². The minimum Gasteiger partial charge on any atom is -0.357 e. The number of hydrogen-bond acceptors (Lipinski definition) is 3. The first-order chi connectivity index (χ1) is 8.90. The number of aryl methyl sites for hydroxylation is 1. The van der Waals surface area contributed by atoms with Crippen molar-refractivity contribution >= 4 is 5.82 Å². The predicted octanol–water partition coefficient (Wildman–Crippen LogP) is 3.04. The third kappa shape index (κ3) is 3.16. The van der Waals surface area contributed by atoms with E-state index in [1.165, 1.54) is 0 Å². The highest BCUT2D eigenvalue weighted by molar-refractivity contribution is 5.46. The molecule has 0 unspecified atom stereocenters. The van der Waals surface area contributed by atoms with Crippen LogP contribution in [-0.4, -0.2) is 24.2 Å². The normalized spacial score (nSPS) is 17.3. The van der Waals surface area contributed by atoms with Crippen molar-refractivity contribution in [3.8, 4) is 6.07 Å². The maximum Gasteiger partial charge on any atom is 0.391 e. The number of hydrogen-bond donors (Lipinski definition) is 0. The number of alkyl halides is 3. The van der Waals surface area contributed by atoms with Gasteiger partial charge in [-0.25, -0.2) is 4.98 Å². The van der Waals surface area contributed by atoms with Gasteiger partial charge in [-0.2, -0.15) is 18.4 Å². The molecule has 1 aromatic heterocycles. The molecule has 6 heteroatoms. The van der Waals surface area contributed by atoms with Crippen LogP contribution in [0.5, 0.6) is 0 Å². The van der Waals surface area contributed by atoms with E-state index in [0.717, 1.165) is 0 Å². The third-order valence-electron chi connectivity index (χ3n) is 3.35. The van der Waals surface area contributed by atoms with Gasteiger partial charge in [-0.1, -0.05) is 0 Å². The van der Waals surface area contributed by atoms with Gasteiger partial charge in [0.15, 0.2) is 0 Å². The number of halogens is 3. The molecule has 0 bridgehead atoms. The molecule has 0 spiro atoms. The highest BCUT2D eigenvalue weighted by Crippen LogP contribution is 2.35. The predicted molar refractivity (Wildman–Crippen MR) is 64.7 cm³/mol. The lowest BCUT2D eigenvalue weighted by atomic mass is 9.96. The van der Waals surface area contributed by atoms with Crippen molar-refractivity contribution in [3.05, 3.63) is 23.4 Å². The van der Waals surface area contributed by atoms with Crippen LogP contribution in [0.25, 0.3) is 0 Å². The van der Waals surface area contributed by atoms with E-state index in [1.54, 1.807) is 19.1 Å². The SMILES string of the molecule is Cc1cc(C#N)cc(N2CCC(C(F)(F)F)CC2)n1. The fourth-order valence-electron chi connectivity index (χ4n) is 2.31. The van der Waals surface area contributed by atoms with Crippen LogP contribution in [0.4, 0.5) is 19.0 Å². The minimum atomic E-state index is -4.11. The molecule has 1 saturated heterocycles. The standard InChI is InChI=1S/C13H14F3N3/c1-9-6-10(8-17)7-12(18-9)19-4-2-11(3-5-19)13(14,15)16/h6-7,11H,2-5H2,1H3. The van der Waals surface area contributed by atoms with Crippen LogP contribution in [0.15, 0.2) is 12.1 Å². The van der Waals surface area contributed by atoms with Gasteiger partial charge in [-0.15, -0.1) is 0 Å².